The van der Waals surface area contributed by atoms with Gasteiger partial charge in [-0.05, 0) is 49.6 Å². The monoisotopic (exact) mass is 537 g/mol. The fourth-order valence-electron chi connectivity index (χ4n) is 3.50. The first-order chi connectivity index (χ1) is 14.7. The molecule has 8 heteroatoms. The Kier molecular flexibility index (Phi) is 9.90. The van der Waals surface area contributed by atoms with Crippen molar-refractivity contribution in [3.05, 3.63) is 53.9 Å². The van der Waals surface area contributed by atoms with E-state index in [0.717, 1.165) is 61.3 Å². The molecule has 0 bridgehead atoms. The van der Waals surface area contributed by atoms with Crippen LogP contribution in [0.2, 0.25) is 0 Å². The number of fused-ring (bicyclic) bond motifs is 1. The van der Waals surface area contributed by atoms with E-state index in [1.807, 2.05) is 18.2 Å². The predicted molar refractivity (Wildman–Crippen MR) is 137 cm³/mol. The Bertz CT molecular complexity index is 1000. The fourth-order valence-corrected chi connectivity index (χ4v) is 3.50. The number of aliphatic imine (C=N–C) groups is 1. The Balaban J connectivity index is 0.00000341. The molecule has 168 valence electrons. The lowest BCUT2D eigenvalue weighted by atomic mass is 10.1. The van der Waals surface area contributed by atoms with Gasteiger partial charge in [-0.3, -0.25) is 4.99 Å². The van der Waals surface area contributed by atoms with Gasteiger partial charge >= 0.3 is 0 Å². The van der Waals surface area contributed by atoms with Gasteiger partial charge in [-0.1, -0.05) is 18.2 Å². The van der Waals surface area contributed by atoms with Gasteiger partial charge in [0.1, 0.15) is 5.82 Å². The molecular formula is C23H32IN5O2. The molecular weight excluding hydrogens is 505 g/mol. The number of aryl methyl sites for hydroxylation is 2. The van der Waals surface area contributed by atoms with Gasteiger partial charge < -0.3 is 24.7 Å². The van der Waals surface area contributed by atoms with Crippen LogP contribution < -0.4 is 20.1 Å². The largest absolute Gasteiger partial charge is 0.493 e. The summed E-state index contributed by atoms with van der Waals surface area (Å²) in [5.41, 5.74) is 3.42. The second-order valence-electron chi connectivity index (χ2n) is 7.02. The summed E-state index contributed by atoms with van der Waals surface area (Å²) in [6.07, 6.45) is 1.85. The van der Waals surface area contributed by atoms with Crippen molar-refractivity contribution in [2.45, 2.75) is 26.3 Å². The molecule has 0 spiro atoms. The van der Waals surface area contributed by atoms with Crippen molar-refractivity contribution < 1.29 is 9.47 Å². The maximum absolute atomic E-state index is 5.37. The Morgan fingerprint density at radius 1 is 1.03 bits per heavy atom. The number of methoxy groups -OCH3 is 2. The molecule has 0 aliphatic heterocycles. The number of hydrogen-bond acceptors (Lipinski definition) is 4. The molecule has 3 rings (SSSR count). The number of para-hydroxylation sites is 2. The number of imidazole rings is 1. The second-order valence-corrected chi connectivity index (χ2v) is 7.02. The summed E-state index contributed by atoms with van der Waals surface area (Å²) in [4.78, 5) is 8.94. The Labute approximate surface area is 201 Å². The van der Waals surface area contributed by atoms with Crippen LogP contribution in [0.15, 0.2) is 47.5 Å². The molecule has 1 heterocycles. The van der Waals surface area contributed by atoms with E-state index < -0.39 is 0 Å². The average Bonchev–Trinajstić information content (AvgIpc) is 3.10. The molecule has 0 amide bonds. The Morgan fingerprint density at radius 3 is 2.52 bits per heavy atom. The lowest BCUT2D eigenvalue weighted by molar-refractivity contribution is 0.354. The lowest BCUT2D eigenvalue weighted by Crippen LogP contribution is -2.39. The molecule has 0 aliphatic rings. The minimum absolute atomic E-state index is 0. The quantitative estimate of drug-likeness (QED) is 0.188. The van der Waals surface area contributed by atoms with E-state index in [1.165, 1.54) is 11.1 Å². The highest BCUT2D eigenvalue weighted by Gasteiger charge is 2.07. The minimum atomic E-state index is 0. The second kappa shape index (κ2) is 12.4. The minimum Gasteiger partial charge on any atom is -0.493 e. The molecule has 3 aromatic rings. The first-order valence-corrected chi connectivity index (χ1v) is 10.2. The van der Waals surface area contributed by atoms with Gasteiger partial charge in [-0.15, -0.1) is 24.0 Å². The van der Waals surface area contributed by atoms with Crippen LogP contribution in [-0.2, 0) is 13.0 Å². The first kappa shape index (κ1) is 24.8. The summed E-state index contributed by atoms with van der Waals surface area (Å²) in [6, 6.07) is 14.3. The van der Waals surface area contributed by atoms with Crippen LogP contribution >= 0.6 is 24.0 Å². The molecule has 0 atom stereocenters. The maximum atomic E-state index is 5.37. The van der Waals surface area contributed by atoms with Gasteiger partial charge in [0.05, 0.1) is 25.3 Å². The molecule has 2 N–H and O–H groups in total. The van der Waals surface area contributed by atoms with E-state index in [2.05, 4.69) is 56.4 Å². The van der Waals surface area contributed by atoms with Crippen LogP contribution in [0, 0.1) is 6.92 Å². The number of guanidine groups is 1. The third-order valence-corrected chi connectivity index (χ3v) is 5.07. The van der Waals surface area contributed by atoms with Gasteiger partial charge in [0, 0.05) is 26.7 Å². The first-order valence-electron chi connectivity index (χ1n) is 10.2. The summed E-state index contributed by atoms with van der Waals surface area (Å²) < 4.78 is 12.9. The summed E-state index contributed by atoms with van der Waals surface area (Å²) in [5, 5.41) is 6.75. The van der Waals surface area contributed by atoms with Crippen molar-refractivity contribution in [2.24, 2.45) is 4.99 Å². The van der Waals surface area contributed by atoms with Crippen LogP contribution in [0.5, 0.6) is 11.5 Å². The van der Waals surface area contributed by atoms with Crippen LogP contribution in [0.4, 0.5) is 0 Å². The van der Waals surface area contributed by atoms with Crippen molar-refractivity contribution in [3.63, 3.8) is 0 Å². The highest BCUT2D eigenvalue weighted by Crippen LogP contribution is 2.27. The number of ether oxygens (including phenoxy) is 2. The van der Waals surface area contributed by atoms with Gasteiger partial charge in [-0.2, -0.15) is 0 Å². The third-order valence-electron chi connectivity index (χ3n) is 5.07. The molecule has 2 aromatic carbocycles. The molecule has 0 saturated heterocycles. The highest BCUT2D eigenvalue weighted by atomic mass is 127. The third kappa shape index (κ3) is 6.49. The normalized spacial score (nSPS) is 11.2. The number of halogens is 1. The van der Waals surface area contributed by atoms with Gasteiger partial charge in [0.25, 0.3) is 0 Å². The van der Waals surface area contributed by atoms with Gasteiger partial charge in [0.2, 0.25) is 0 Å². The molecule has 1 aromatic heterocycles. The smallest absolute Gasteiger partial charge is 0.190 e. The molecule has 31 heavy (non-hydrogen) atoms. The van der Waals surface area contributed by atoms with Crippen molar-refractivity contribution in [3.8, 4) is 11.5 Å². The number of hydrogen-bond donors (Lipinski definition) is 2. The van der Waals surface area contributed by atoms with Crippen LogP contribution in [0.3, 0.4) is 0 Å². The average molecular weight is 537 g/mol. The van der Waals surface area contributed by atoms with Crippen LogP contribution in [0.25, 0.3) is 11.0 Å². The van der Waals surface area contributed by atoms with E-state index in [-0.39, 0.29) is 24.0 Å². The van der Waals surface area contributed by atoms with Gasteiger partial charge in [-0.25, -0.2) is 4.98 Å². The highest BCUT2D eigenvalue weighted by molar-refractivity contribution is 14.0. The topological polar surface area (TPSA) is 72.7 Å². The molecule has 0 fully saturated rings. The van der Waals surface area contributed by atoms with Gasteiger partial charge in [0.15, 0.2) is 17.5 Å². The zero-order valence-electron chi connectivity index (χ0n) is 18.6. The molecule has 0 radical (unpaired) electrons. The maximum Gasteiger partial charge on any atom is 0.190 e. The Hall–Kier alpha value is -2.49. The SMILES string of the molecule is CN=C(NCCCn1c(C)nc2ccccc21)NCCc1ccc(OC)c(OC)c1.I. The van der Waals surface area contributed by atoms with Crippen LogP contribution in [-0.4, -0.2) is 49.9 Å². The number of aromatic nitrogens is 2. The van der Waals surface area contributed by atoms with Crippen molar-refractivity contribution in [1.29, 1.82) is 0 Å². The number of rotatable bonds is 9. The lowest BCUT2D eigenvalue weighted by Gasteiger charge is -2.13. The van der Waals surface area contributed by atoms with E-state index in [4.69, 9.17) is 9.47 Å². The van der Waals surface area contributed by atoms with E-state index in [0.29, 0.717) is 0 Å². The summed E-state index contributed by atoms with van der Waals surface area (Å²) in [5.74, 6) is 3.35. The molecule has 0 saturated carbocycles. The van der Waals surface area contributed by atoms with Crippen molar-refractivity contribution >= 4 is 41.0 Å². The Morgan fingerprint density at radius 2 is 1.77 bits per heavy atom. The van der Waals surface area contributed by atoms with E-state index in [9.17, 15) is 0 Å². The van der Waals surface area contributed by atoms with E-state index in [1.54, 1.807) is 21.3 Å². The summed E-state index contributed by atoms with van der Waals surface area (Å²) >= 11 is 0. The van der Waals surface area contributed by atoms with Crippen molar-refractivity contribution in [2.75, 3.05) is 34.4 Å². The predicted octanol–water partition coefficient (Wildman–Crippen LogP) is 3.78. The summed E-state index contributed by atoms with van der Waals surface area (Å²) in [7, 11) is 5.09. The van der Waals surface area contributed by atoms with Crippen LogP contribution in [0.1, 0.15) is 17.8 Å². The molecule has 0 unspecified atom stereocenters. The zero-order valence-corrected chi connectivity index (χ0v) is 21.0. The van der Waals surface area contributed by atoms with E-state index >= 15 is 0 Å². The fraction of sp³-hybridized carbons (Fsp3) is 0.391. The summed E-state index contributed by atoms with van der Waals surface area (Å²) in [6.45, 7) is 4.59. The zero-order chi connectivity index (χ0) is 21.3. The number of benzene rings is 2. The molecule has 0 aliphatic carbocycles. The number of nitrogens with zero attached hydrogens (tertiary/aromatic N) is 3. The standard InChI is InChI=1S/C23H31N5O2.HI/c1-17-27-19-8-5-6-9-20(19)28(17)15-7-13-25-23(24-2)26-14-12-18-10-11-21(29-3)22(16-18)30-4;/h5-6,8-11,16H,7,12-15H2,1-4H3,(H2,24,25,26);1H. The van der Waals surface area contributed by atoms with Crippen molar-refractivity contribution in [1.82, 2.24) is 20.2 Å². The number of nitrogens with one attached hydrogen (secondary N) is 2. The molecule has 7 nitrogen and oxygen atoms in total.